The van der Waals surface area contributed by atoms with Crippen molar-refractivity contribution in [2.45, 2.75) is 38.8 Å². The number of aryl methyl sites for hydroxylation is 1. The van der Waals surface area contributed by atoms with E-state index in [0.717, 1.165) is 69.1 Å². The van der Waals surface area contributed by atoms with Gasteiger partial charge in [0.2, 0.25) is 0 Å². The average molecular weight is 571 g/mol. The Morgan fingerprint density at radius 1 is 1.08 bits per heavy atom. The number of fused-ring (bicyclic) bond motifs is 3. The van der Waals surface area contributed by atoms with Gasteiger partial charge in [-0.15, -0.1) is 11.3 Å². The molecule has 1 aromatic heterocycles. The van der Waals surface area contributed by atoms with E-state index in [9.17, 15) is 4.79 Å². The van der Waals surface area contributed by atoms with Crippen LogP contribution < -0.4 is 9.64 Å². The number of quaternary nitrogens is 1. The van der Waals surface area contributed by atoms with Gasteiger partial charge in [0.15, 0.2) is 6.10 Å². The standard InChI is InChI=1S/C29H34BrN2O3S/c1-22-7-5-8-24(19-22)31(20-26-11-12-28(30)36-26)29(33)35-27-21-32(16-13-23(27)14-17-32)15-6-18-34-25-9-3-2-4-10-25/h2-5,7-12,19,23,27H,6,13-18,20-21H2,1H3/q+1/t23?,27-,32?/m0/s1. The van der Waals surface area contributed by atoms with Crippen LogP contribution in [-0.4, -0.2) is 49.5 Å². The number of halogens is 1. The maximum atomic E-state index is 13.6. The molecule has 0 unspecified atom stereocenters. The first-order valence-corrected chi connectivity index (χ1v) is 14.4. The van der Waals surface area contributed by atoms with Crippen LogP contribution >= 0.6 is 27.3 Å². The number of benzene rings is 2. The fourth-order valence-corrected chi connectivity index (χ4v) is 7.09. The Hall–Kier alpha value is -2.35. The van der Waals surface area contributed by atoms with Gasteiger partial charge in [-0.3, -0.25) is 4.90 Å². The molecule has 6 rings (SSSR count). The van der Waals surface area contributed by atoms with Gasteiger partial charge in [-0.1, -0.05) is 30.3 Å². The number of amides is 1. The largest absolute Gasteiger partial charge is 0.493 e. The number of carbonyl (C=O) groups excluding carboxylic acids is 1. The van der Waals surface area contributed by atoms with Crippen LogP contribution in [-0.2, 0) is 11.3 Å². The van der Waals surface area contributed by atoms with E-state index in [4.69, 9.17) is 9.47 Å². The number of hydrogen-bond acceptors (Lipinski definition) is 4. The van der Waals surface area contributed by atoms with E-state index in [1.165, 1.54) is 13.1 Å². The normalized spacial score (nSPS) is 22.8. The summed E-state index contributed by atoms with van der Waals surface area (Å²) in [6.07, 6.45) is 2.98. The zero-order chi connectivity index (χ0) is 25.0. The lowest BCUT2D eigenvalue weighted by Gasteiger charge is -2.52. The molecule has 7 heteroatoms. The SMILES string of the molecule is Cc1cccc(N(Cc2ccc(Br)s2)C(=O)O[C@H]2C[N+]3(CCCOc4ccccc4)CCC2CC3)c1. The number of rotatable bonds is 9. The van der Waals surface area contributed by atoms with Gasteiger partial charge in [0.1, 0.15) is 12.3 Å². The van der Waals surface area contributed by atoms with Crippen LogP contribution in [0.4, 0.5) is 10.5 Å². The summed E-state index contributed by atoms with van der Waals surface area (Å²) in [5.41, 5.74) is 2.01. The molecule has 1 amide bonds. The number of piperidine rings is 3. The van der Waals surface area contributed by atoms with E-state index in [2.05, 4.69) is 41.1 Å². The minimum atomic E-state index is -0.241. The van der Waals surface area contributed by atoms with Gasteiger partial charge in [-0.2, -0.15) is 0 Å². The Balaban J connectivity index is 1.23. The highest BCUT2D eigenvalue weighted by Crippen LogP contribution is 2.36. The van der Waals surface area contributed by atoms with Crippen LogP contribution in [0.3, 0.4) is 0 Å². The van der Waals surface area contributed by atoms with Crippen molar-refractivity contribution in [2.75, 3.05) is 37.7 Å². The summed E-state index contributed by atoms with van der Waals surface area (Å²) in [6.45, 7) is 7.61. The van der Waals surface area contributed by atoms with E-state index in [0.29, 0.717) is 12.5 Å². The third-order valence-electron chi connectivity index (χ3n) is 7.56. The van der Waals surface area contributed by atoms with Crippen LogP contribution in [0.5, 0.6) is 5.75 Å². The molecule has 1 atom stereocenters. The van der Waals surface area contributed by atoms with E-state index >= 15 is 0 Å². The van der Waals surface area contributed by atoms with Gasteiger partial charge in [-0.25, -0.2) is 4.79 Å². The molecule has 0 saturated carbocycles. The van der Waals surface area contributed by atoms with Gasteiger partial charge < -0.3 is 14.0 Å². The molecule has 4 heterocycles. The lowest BCUT2D eigenvalue weighted by atomic mass is 9.83. The van der Waals surface area contributed by atoms with Gasteiger partial charge in [0.25, 0.3) is 0 Å². The molecule has 190 valence electrons. The number of nitrogens with zero attached hydrogens (tertiary/aromatic N) is 2. The van der Waals surface area contributed by atoms with E-state index < -0.39 is 0 Å². The topological polar surface area (TPSA) is 38.8 Å². The van der Waals surface area contributed by atoms with Crippen molar-refractivity contribution in [3.05, 3.63) is 81.0 Å². The molecule has 0 N–H and O–H groups in total. The van der Waals surface area contributed by atoms with E-state index in [1.54, 1.807) is 16.2 Å². The smallest absolute Gasteiger partial charge is 0.415 e. The van der Waals surface area contributed by atoms with Gasteiger partial charge >= 0.3 is 6.09 Å². The first kappa shape index (κ1) is 25.3. The number of carbonyl (C=O) groups is 1. The maximum absolute atomic E-state index is 13.6. The summed E-state index contributed by atoms with van der Waals surface area (Å²) in [7, 11) is 0. The molecule has 0 radical (unpaired) electrons. The zero-order valence-electron chi connectivity index (χ0n) is 20.8. The molecule has 3 fully saturated rings. The first-order valence-electron chi connectivity index (χ1n) is 12.8. The molecule has 5 nitrogen and oxygen atoms in total. The summed E-state index contributed by atoms with van der Waals surface area (Å²) < 4.78 is 14.3. The van der Waals surface area contributed by atoms with Crippen LogP contribution in [0.2, 0.25) is 0 Å². The highest BCUT2D eigenvalue weighted by Gasteiger charge is 2.47. The molecular formula is C29H34BrN2O3S+. The molecule has 0 spiro atoms. The van der Waals surface area contributed by atoms with Crippen LogP contribution in [0.1, 0.15) is 29.7 Å². The van der Waals surface area contributed by atoms with Gasteiger partial charge in [0.05, 0.1) is 36.6 Å². The average Bonchev–Trinajstić information content (AvgIpc) is 3.31. The highest BCUT2D eigenvalue weighted by molar-refractivity contribution is 9.11. The van der Waals surface area contributed by atoms with Gasteiger partial charge in [-0.05, 0) is 64.8 Å². The predicted octanol–water partition coefficient (Wildman–Crippen LogP) is 7.04. The molecule has 36 heavy (non-hydrogen) atoms. The molecule has 2 bridgehead atoms. The summed E-state index contributed by atoms with van der Waals surface area (Å²) in [5, 5.41) is 0. The summed E-state index contributed by atoms with van der Waals surface area (Å²) >= 11 is 5.20. The van der Waals surface area contributed by atoms with Gasteiger partial charge in [0, 0.05) is 35.7 Å². The lowest BCUT2D eigenvalue weighted by Crippen LogP contribution is -2.65. The van der Waals surface area contributed by atoms with Crippen LogP contribution in [0.15, 0.2) is 70.5 Å². The van der Waals surface area contributed by atoms with Crippen molar-refractivity contribution in [3.63, 3.8) is 0 Å². The van der Waals surface area contributed by atoms with Crippen LogP contribution in [0, 0.1) is 12.8 Å². The summed E-state index contributed by atoms with van der Waals surface area (Å²) in [6, 6.07) is 22.2. The lowest BCUT2D eigenvalue weighted by molar-refractivity contribution is -0.946. The molecule has 0 aliphatic carbocycles. The molecule has 2 aromatic carbocycles. The van der Waals surface area contributed by atoms with E-state index in [1.807, 2.05) is 48.5 Å². The third-order valence-corrected chi connectivity index (χ3v) is 9.17. The predicted molar refractivity (Wildman–Crippen MR) is 149 cm³/mol. The number of anilines is 1. The van der Waals surface area contributed by atoms with Crippen LogP contribution in [0.25, 0.3) is 0 Å². The fourth-order valence-electron chi connectivity index (χ4n) is 5.62. The Kier molecular flexibility index (Phi) is 7.99. The third kappa shape index (κ3) is 6.13. The quantitative estimate of drug-likeness (QED) is 0.205. The molecule has 3 aliphatic rings. The fraction of sp³-hybridized carbons (Fsp3) is 0.414. The molecular weight excluding hydrogens is 536 g/mol. The highest BCUT2D eigenvalue weighted by atomic mass is 79.9. The van der Waals surface area contributed by atoms with Crippen molar-refractivity contribution < 1.29 is 18.8 Å². The number of ether oxygens (including phenoxy) is 2. The Morgan fingerprint density at radius 3 is 2.61 bits per heavy atom. The number of thiophene rings is 1. The first-order chi connectivity index (χ1) is 17.5. The second-order valence-corrected chi connectivity index (χ2v) is 12.6. The number of hydrogen-bond donors (Lipinski definition) is 0. The molecule has 3 aliphatic heterocycles. The minimum Gasteiger partial charge on any atom is -0.493 e. The second-order valence-electron chi connectivity index (χ2n) is 10.1. The van der Waals surface area contributed by atoms with Crippen molar-refractivity contribution >= 4 is 39.0 Å². The van der Waals surface area contributed by atoms with E-state index in [-0.39, 0.29) is 12.2 Å². The van der Waals surface area contributed by atoms with Crippen molar-refractivity contribution in [1.82, 2.24) is 0 Å². The Labute approximate surface area is 226 Å². The minimum absolute atomic E-state index is 0.0302. The van der Waals surface area contributed by atoms with Crippen molar-refractivity contribution in [3.8, 4) is 5.75 Å². The summed E-state index contributed by atoms with van der Waals surface area (Å²) in [5.74, 6) is 1.39. The Morgan fingerprint density at radius 2 is 1.89 bits per heavy atom. The van der Waals surface area contributed by atoms with Crippen molar-refractivity contribution in [2.24, 2.45) is 5.92 Å². The molecule has 3 saturated heterocycles. The number of para-hydroxylation sites is 1. The molecule has 3 aromatic rings. The van der Waals surface area contributed by atoms with Crippen molar-refractivity contribution in [1.29, 1.82) is 0 Å². The Bertz CT molecular complexity index is 1160. The monoisotopic (exact) mass is 569 g/mol. The zero-order valence-corrected chi connectivity index (χ0v) is 23.2. The summed E-state index contributed by atoms with van der Waals surface area (Å²) in [4.78, 5) is 16.5. The maximum Gasteiger partial charge on any atom is 0.415 e. The second kappa shape index (κ2) is 11.4.